The van der Waals surface area contributed by atoms with Gasteiger partial charge in [0.05, 0.1) is 12.2 Å². The van der Waals surface area contributed by atoms with Crippen LogP contribution in [0.25, 0.3) is 0 Å². The molecule has 0 aliphatic carbocycles. The molecule has 2 aromatic carbocycles. The molecular weight excluding hydrogens is 298 g/mol. The standard InChI is InChI=1S/C17H18ClN3O/c1-21-16(11-19)20-15-9-8-13(18)10-14(15)17(21,22-2)12-6-4-3-5-7-12/h3-10H,11,19H2,1-2H3. The molecule has 0 fully saturated rings. The summed E-state index contributed by atoms with van der Waals surface area (Å²) in [5.41, 5.74) is 7.83. The van der Waals surface area contributed by atoms with Gasteiger partial charge in [0.15, 0.2) is 5.72 Å². The third-order valence-electron chi connectivity index (χ3n) is 4.08. The Balaban J connectivity index is 2.33. The molecule has 5 heteroatoms. The summed E-state index contributed by atoms with van der Waals surface area (Å²) in [6, 6.07) is 15.7. The number of fused-ring (bicyclic) bond motifs is 1. The molecule has 22 heavy (non-hydrogen) atoms. The van der Waals surface area contributed by atoms with Gasteiger partial charge >= 0.3 is 0 Å². The minimum atomic E-state index is -0.794. The van der Waals surface area contributed by atoms with Gasteiger partial charge in [-0.3, -0.25) is 0 Å². The van der Waals surface area contributed by atoms with Crippen LogP contribution in [-0.4, -0.2) is 31.4 Å². The predicted molar refractivity (Wildman–Crippen MR) is 89.6 cm³/mol. The minimum Gasteiger partial charge on any atom is -0.350 e. The smallest absolute Gasteiger partial charge is 0.196 e. The number of methoxy groups -OCH3 is 1. The monoisotopic (exact) mass is 315 g/mol. The van der Waals surface area contributed by atoms with E-state index in [1.807, 2.05) is 60.5 Å². The maximum atomic E-state index is 6.22. The first-order chi connectivity index (χ1) is 10.6. The van der Waals surface area contributed by atoms with Gasteiger partial charge in [0.2, 0.25) is 0 Å². The van der Waals surface area contributed by atoms with Gasteiger partial charge in [0.1, 0.15) is 5.84 Å². The molecule has 1 aliphatic rings. The van der Waals surface area contributed by atoms with Crippen molar-refractivity contribution in [2.24, 2.45) is 10.7 Å². The number of halogens is 1. The van der Waals surface area contributed by atoms with Crippen molar-refractivity contribution in [3.05, 3.63) is 64.7 Å². The van der Waals surface area contributed by atoms with E-state index >= 15 is 0 Å². The average Bonchev–Trinajstić information content (AvgIpc) is 2.56. The molecule has 0 saturated heterocycles. The fraction of sp³-hybridized carbons (Fsp3) is 0.235. The molecule has 0 amide bonds. The van der Waals surface area contributed by atoms with Gasteiger partial charge in [-0.1, -0.05) is 41.9 Å². The molecule has 4 nitrogen and oxygen atoms in total. The predicted octanol–water partition coefficient (Wildman–Crippen LogP) is 3.12. The Kier molecular flexibility index (Phi) is 3.91. The van der Waals surface area contributed by atoms with Crippen molar-refractivity contribution < 1.29 is 4.74 Å². The normalized spacial score (nSPS) is 20.5. The number of rotatable bonds is 3. The number of likely N-dealkylation sites (N-methyl/N-ethyl adjacent to an activating group) is 1. The highest BCUT2D eigenvalue weighted by Gasteiger charge is 2.44. The average molecular weight is 316 g/mol. The van der Waals surface area contributed by atoms with E-state index in [0.717, 1.165) is 22.6 Å². The van der Waals surface area contributed by atoms with E-state index < -0.39 is 5.72 Å². The number of hydrogen-bond acceptors (Lipinski definition) is 4. The zero-order valence-electron chi connectivity index (χ0n) is 12.6. The van der Waals surface area contributed by atoms with E-state index in [9.17, 15) is 0 Å². The molecule has 1 aliphatic heterocycles. The fourth-order valence-electron chi connectivity index (χ4n) is 3.01. The summed E-state index contributed by atoms with van der Waals surface area (Å²) in [4.78, 5) is 6.61. The number of nitrogens with zero attached hydrogens (tertiary/aromatic N) is 2. The highest BCUT2D eigenvalue weighted by Crippen LogP contribution is 2.44. The Morgan fingerprint density at radius 3 is 2.59 bits per heavy atom. The second-order valence-electron chi connectivity index (χ2n) is 5.17. The first kappa shape index (κ1) is 15.0. The van der Waals surface area contributed by atoms with Gasteiger partial charge in [-0.2, -0.15) is 0 Å². The summed E-state index contributed by atoms with van der Waals surface area (Å²) in [5.74, 6) is 0.764. The van der Waals surface area contributed by atoms with E-state index in [1.165, 1.54) is 0 Å². The highest BCUT2D eigenvalue weighted by atomic mass is 35.5. The van der Waals surface area contributed by atoms with Crippen molar-refractivity contribution in [2.45, 2.75) is 5.72 Å². The van der Waals surface area contributed by atoms with Crippen LogP contribution in [0.1, 0.15) is 11.1 Å². The molecular formula is C17H18ClN3O. The van der Waals surface area contributed by atoms with E-state index in [1.54, 1.807) is 7.11 Å². The van der Waals surface area contributed by atoms with Gasteiger partial charge in [-0.25, -0.2) is 4.99 Å². The second-order valence-corrected chi connectivity index (χ2v) is 5.60. The van der Waals surface area contributed by atoms with Crippen LogP contribution in [0.3, 0.4) is 0 Å². The molecule has 0 saturated carbocycles. The van der Waals surface area contributed by atoms with Crippen LogP contribution in [0.5, 0.6) is 0 Å². The third kappa shape index (κ3) is 2.11. The molecule has 1 heterocycles. The molecule has 1 unspecified atom stereocenters. The summed E-state index contributed by atoms with van der Waals surface area (Å²) in [7, 11) is 3.62. The zero-order valence-corrected chi connectivity index (χ0v) is 13.3. The Bertz CT molecular complexity index is 717. The number of ether oxygens (including phenoxy) is 1. The summed E-state index contributed by atoms with van der Waals surface area (Å²) in [6.07, 6.45) is 0. The molecule has 2 N–H and O–H groups in total. The van der Waals surface area contributed by atoms with Gasteiger partial charge in [-0.05, 0) is 18.2 Å². The first-order valence-electron chi connectivity index (χ1n) is 7.05. The fourth-order valence-corrected chi connectivity index (χ4v) is 3.19. The summed E-state index contributed by atoms with van der Waals surface area (Å²) in [6.45, 7) is 0.330. The molecule has 114 valence electrons. The van der Waals surface area contributed by atoms with E-state index in [0.29, 0.717) is 11.6 Å². The molecule has 2 aromatic rings. The lowest BCUT2D eigenvalue weighted by Crippen LogP contribution is -2.53. The maximum absolute atomic E-state index is 6.22. The van der Waals surface area contributed by atoms with E-state index in [2.05, 4.69) is 4.99 Å². The minimum absolute atomic E-state index is 0.330. The third-order valence-corrected chi connectivity index (χ3v) is 4.31. The quantitative estimate of drug-likeness (QED) is 0.946. The molecule has 0 radical (unpaired) electrons. The number of amidine groups is 1. The van der Waals surface area contributed by atoms with Gasteiger partial charge in [0, 0.05) is 30.3 Å². The van der Waals surface area contributed by atoms with Crippen LogP contribution >= 0.6 is 11.6 Å². The van der Waals surface area contributed by atoms with Crippen LogP contribution in [-0.2, 0) is 10.5 Å². The Hall–Kier alpha value is -1.88. The molecule has 0 bridgehead atoms. The lowest BCUT2D eigenvalue weighted by molar-refractivity contribution is -0.0669. The van der Waals surface area contributed by atoms with Crippen molar-refractivity contribution in [3.8, 4) is 0 Å². The number of benzene rings is 2. The lowest BCUT2D eigenvalue weighted by Gasteiger charge is -2.45. The van der Waals surface area contributed by atoms with Crippen molar-refractivity contribution in [1.29, 1.82) is 0 Å². The van der Waals surface area contributed by atoms with Crippen molar-refractivity contribution in [1.82, 2.24) is 4.90 Å². The Morgan fingerprint density at radius 2 is 1.95 bits per heavy atom. The van der Waals surface area contributed by atoms with Gasteiger partial charge in [-0.15, -0.1) is 0 Å². The van der Waals surface area contributed by atoms with Crippen molar-refractivity contribution in [3.63, 3.8) is 0 Å². The topological polar surface area (TPSA) is 50.9 Å². The van der Waals surface area contributed by atoms with Crippen LogP contribution < -0.4 is 5.73 Å². The van der Waals surface area contributed by atoms with E-state index in [4.69, 9.17) is 22.1 Å². The second kappa shape index (κ2) is 5.72. The summed E-state index contributed by atoms with van der Waals surface area (Å²) in [5, 5.41) is 0.649. The molecule has 0 aromatic heterocycles. The summed E-state index contributed by atoms with van der Waals surface area (Å²) < 4.78 is 6.02. The highest BCUT2D eigenvalue weighted by molar-refractivity contribution is 6.30. The number of nitrogens with two attached hydrogens (primary N) is 1. The zero-order chi connectivity index (χ0) is 15.7. The molecule has 3 rings (SSSR count). The molecule has 0 spiro atoms. The lowest BCUT2D eigenvalue weighted by atomic mass is 9.89. The first-order valence-corrected chi connectivity index (χ1v) is 7.43. The van der Waals surface area contributed by atoms with Crippen LogP contribution in [0.15, 0.2) is 53.5 Å². The SMILES string of the molecule is COC1(c2ccccc2)c2cc(Cl)ccc2N=C(CN)N1C. The van der Waals surface area contributed by atoms with E-state index in [-0.39, 0.29) is 0 Å². The summed E-state index contributed by atoms with van der Waals surface area (Å²) >= 11 is 6.22. The Morgan fingerprint density at radius 1 is 1.23 bits per heavy atom. The maximum Gasteiger partial charge on any atom is 0.196 e. The number of hydrogen-bond donors (Lipinski definition) is 1. The van der Waals surface area contributed by atoms with Gasteiger partial charge in [0.25, 0.3) is 0 Å². The van der Waals surface area contributed by atoms with Crippen molar-refractivity contribution in [2.75, 3.05) is 20.7 Å². The Labute approximate surface area is 135 Å². The number of aliphatic imine (C=N–C) groups is 1. The molecule has 1 atom stereocenters. The van der Waals surface area contributed by atoms with Crippen LogP contribution in [0.2, 0.25) is 5.02 Å². The van der Waals surface area contributed by atoms with Gasteiger partial charge < -0.3 is 15.4 Å². The van der Waals surface area contributed by atoms with Crippen molar-refractivity contribution >= 4 is 23.1 Å². The van der Waals surface area contributed by atoms with Crippen LogP contribution in [0.4, 0.5) is 5.69 Å². The largest absolute Gasteiger partial charge is 0.350 e. The van der Waals surface area contributed by atoms with Crippen LogP contribution in [0, 0.1) is 0 Å².